The molecule has 0 heterocycles. The lowest BCUT2D eigenvalue weighted by Crippen LogP contribution is -2.58. The first kappa shape index (κ1) is 26.4. The summed E-state index contributed by atoms with van der Waals surface area (Å²) >= 11 is 0. The molecule has 4 saturated carbocycles. The van der Waals surface area contributed by atoms with E-state index in [1.165, 1.54) is 12.8 Å². The molecule has 0 aliphatic heterocycles. The van der Waals surface area contributed by atoms with Crippen molar-refractivity contribution in [3.8, 4) is 0 Å². The third-order valence-corrected chi connectivity index (χ3v) is 11.7. The van der Waals surface area contributed by atoms with E-state index >= 15 is 0 Å². The number of rotatable bonds is 7. The number of hydrogen-bond acceptors (Lipinski definition) is 5. The first-order valence-corrected chi connectivity index (χ1v) is 15.0. The summed E-state index contributed by atoms with van der Waals surface area (Å²) < 4.78 is 30.5. The molecule has 0 aromatic heterocycles. The van der Waals surface area contributed by atoms with Crippen molar-refractivity contribution in [1.82, 2.24) is 5.32 Å². The van der Waals surface area contributed by atoms with Crippen LogP contribution in [0, 0.1) is 46.3 Å². The predicted molar refractivity (Wildman–Crippen MR) is 130 cm³/mol. The number of nitrogens with one attached hydrogen (secondary N) is 1. The van der Waals surface area contributed by atoms with Gasteiger partial charge in [0.15, 0.2) is 0 Å². The summed E-state index contributed by atoms with van der Waals surface area (Å²) in [6.07, 6.45) is 8.93. The smallest absolute Gasteiger partial charge is 0.266 e. The zero-order valence-electron chi connectivity index (χ0n) is 21.1. The Labute approximate surface area is 205 Å². The SMILES string of the molecule is CC(CCC(=O)NCCS(=O)(=O)O)C1CC[C@H]2[C@@H]3CCC4C[C@H](O)CC[C@]4(C)[C@H]3CC(O)[C@]12C. The van der Waals surface area contributed by atoms with Gasteiger partial charge < -0.3 is 15.5 Å². The number of hydrogen-bond donors (Lipinski definition) is 4. The van der Waals surface area contributed by atoms with Gasteiger partial charge in [0.1, 0.15) is 0 Å². The van der Waals surface area contributed by atoms with Crippen molar-refractivity contribution in [2.24, 2.45) is 46.3 Å². The van der Waals surface area contributed by atoms with Crippen LogP contribution in [0.1, 0.15) is 85.0 Å². The van der Waals surface area contributed by atoms with Crippen LogP contribution in [0.5, 0.6) is 0 Å². The fourth-order valence-electron chi connectivity index (χ4n) is 9.13. The van der Waals surface area contributed by atoms with Crippen molar-refractivity contribution < 1.29 is 28.0 Å². The van der Waals surface area contributed by atoms with Gasteiger partial charge in [-0.25, -0.2) is 0 Å². The van der Waals surface area contributed by atoms with E-state index in [9.17, 15) is 23.4 Å². The van der Waals surface area contributed by atoms with Crippen LogP contribution < -0.4 is 5.32 Å². The van der Waals surface area contributed by atoms with Crippen LogP contribution in [-0.4, -0.2) is 53.6 Å². The molecule has 196 valence electrons. The lowest BCUT2D eigenvalue weighted by Gasteiger charge is -2.62. The fourth-order valence-corrected chi connectivity index (χ4v) is 9.49. The van der Waals surface area contributed by atoms with Crippen LogP contribution in [0.4, 0.5) is 0 Å². The van der Waals surface area contributed by atoms with E-state index in [0.717, 1.165) is 38.5 Å². The Morgan fingerprint density at radius 3 is 2.50 bits per heavy atom. The van der Waals surface area contributed by atoms with Crippen LogP contribution in [0.25, 0.3) is 0 Å². The maximum Gasteiger partial charge on any atom is 0.266 e. The maximum atomic E-state index is 12.2. The molecule has 34 heavy (non-hydrogen) atoms. The standard InChI is InChI=1S/C26H45NO6S/c1-16(4-9-24(30)27-12-13-34(31,32)33)20-7-8-21-19-6-5-17-14-18(28)10-11-25(17,2)22(19)15-23(29)26(20,21)3/h16-23,28-29H,4-15H2,1-3H3,(H,27,30)(H,31,32,33)/t16?,17?,18-,19+,20?,21+,22+,23?,25+,26-/m1/s1. The van der Waals surface area contributed by atoms with E-state index in [4.69, 9.17) is 4.55 Å². The molecule has 4 unspecified atom stereocenters. The minimum absolute atomic E-state index is 0.0756. The highest BCUT2D eigenvalue weighted by Crippen LogP contribution is 2.68. The zero-order valence-corrected chi connectivity index (χ0v) is 21.9. The van der Waals surface area contributed by atoms with Crippen LogP contribution in [0.3, 0.4) is 0 Å². The molecule has 10 atom stereocenters. The third kappa shape index (κ3) is 4.81. The average Bonchev–Trinajstić information content (AvgIpc) is 3.11. The molecular formula is C26H45NO6S. The van der Waals surface area contributed by atoms with E-state index in [-0.39, 0.29) is 35.5 Å². The molecule has 4 aliphatic carbocycles. The lowest BCUT2D eigenvalue weighted by atomic mass is 9.43. The predicted octanol–water partition coefficient (Wildman–Crippen LogP) is 3.40. The second-order valence-corrected chi connectivity index (χ2v) is 14.1. The van der Waals surface area contributed by atoms with Gasteiger partial charge in [-0.1, -0.05) is 20.8 Å². The third-order valence-electron chi connectivity index (χ3n) is 11.0. The molecule has 4 fully saturated rings. The Morgan fingerprint density at radius 1 is 1.06 bits per heavy atom. The second kappa shape index (κ2) is 9.64. The van der Waals surface area contributed by atoms with Gasteiger partial charge in [-0.05, 0) is 104 Å². The maximum absolute atomic E-state index is 12.2. The number of fused-ring (bicyclic) bond motifs is 5. The summed E-state index contributed by atoms with van der Waals surface area (Å²) in [7, 11) is -4.07. The molecule has 0 saturated heterocycles. The van der Waals surface area contributed by atoms with Gasteiger partial charge in [0.25, 0.3) is 10.1 Å². The number of carbonyl (C=O) groups is 1. The number of aliphatic hydroxyl groups excluding tert-OH is 2. The highest BCUT2D eigenvalue weighted by Gasteiger charge is 2.63. The van der Waals surface area contributed by atoms with Gasteiger partial charge >= 0.3 is 0 Å². The van der Waals surface area contributed by atoms with Crippen molar-refractivity contribution in [2.75, 3.05) is 12.3 Å². The molecule has 8 heteroatoms. The molecule has 0 bridgehead atoms. The van der Waals surface area contributed by atoms with E-state index in [1.807, 2.05) is 0 Å². The van der Waals surface area contributed by atoms with Crippen molar-refractivity contribution >= 4 is 16.0 Å². The van der Waals surface area contributed by atoms with E-state index in [2.05, 4.69) is 26.1 Å². The molecule has 0 spiro atoms. The van der Waals surface area contributed by atoms with Crippen molar-refractivity contribution in [2.45, 2.75) is 97.2 Å². The summed E-state index contributed by atoms with van der Waals surface area (Å²) in [5, 5.41) is 24.5. The van der Waals surface area contributed by atoms with E-state index < -0.39 is 15.9 Å². The molecule has 0 aromatic carbocycles. The summed E-state index contributed by atoms with van der Waals surface area (Å²) in [5.74, 6) is 2.28. The molecule has 0 radical (unpaired) electrons. The molecule has 4 N–H and O–H groups in total. The lowest BCUT2D eigenvalue weighted by molar-refractivity contribution is -0.174. The molecule has 4 aliphatic rings. The Bertz CT molecular complexity index is 863. The van der Waals surface area contributed by atoms with Crippen LogP contribution in [-0.2, 0) is 14.9 Å². The van der Waals surface area contributed by atoms with Gasteiger partial charge in [-0.15, -0.1) is 0 Å². The minimum atomic E-state index is -4.07. The monoisotopic (exact) mass is 499 g/mol. The van der Waals surface area contributed by atoms with Crippen molar-refractivity contribution in [3.63, 3.8) is 0 Å². The van der Waals surface area contributed by atoms with Crippen LogP contribution >= 0.6 is 0 Å². The highest BCUT2D eigenvalue weighted by molar-refractivity contribution is 7.85. The topological polar surface area (TPSA) is 124 Å². The average molecular weight is 500 g/mol. The molecule has 1 amide bonds. The largest absolute Gasteiger partial charge is 0.393 e. The first-order chi connectivity index (χ1) is 15.9. The quantitative estimate of drug-likeness (QED) is 0.398. The molecule has 4 rings (SSSR count). The van der Waals surface area contributed by atoms with Gasteiger partial charge in [0.2, 0.25) is 5.91 Å². The molecular weight excluding hydrogens is 454 g/mol. The van der Waals surface area contributed by atoms with Crippen molar-refractivity contribution in [1.29, 1.82) is 0 Å². The summed E-state index contributed by atoms with van der Waals surface area (Å²) in [6.45, 7) is 6.86. The summed E-state index contributed by atoms with van der Waals surface area (Å²) in [6, 6.07) is 0. The van der Waals surface area contributed by atoms with Crippen molar-refractivity contribution in [3.05, 3.63) is 0 Å². The highest BCUT2D eigenvalue weighted by atomic mass is 32.2. The number of aliphatic hydroxyl groups is 2. The van der Waals surface area contributed by atoms with Crippen LogP contribution in [0.15, 0.2) is 0 Å². The van der Waals surface area contributed by atoms with Gasteiger partial charge in [0.05, 0.1) is 18.0 Å². The Kier molecular flexibility index (Phi) is 7.47. The first-order valence-electron chi connectivity index (χ1n) is 13.4. The number of amides is 1. The van der Waals surface area contributed by atoms with E-state index in [1.54, 1.807) is 0 Å². The molecule has 0 aromatic rings. The van der Waals surface area contributed by atoms with Gasteiger partial charge in [-0.2, -0.15) is 8.42 Å². The number of carbonyl (C=O) groups excluding carboxylic acids is 1. The van der Waals surface area contributed by atoms with E-state index in [0.29, 0.717) is 48.3 Å². The Morgan fingerprint density at radius 2 is 1.79 bits per heavy atom. The fraction of sp³-hybridized carbons (Fsp3) is 0.962. The summed E-state index contributed by atoms with van der Waals surface area (Å²) in [4.78, 5) is 12.2. The zero-order chi connectivity index (χ0) is 24.9. The normalized spacial score (nSPS) is 45.1. The van der Waals surface area contributed by atoms with Crippen LogP contribution in [0.2, 0.25) is 0 Å². The second-order valence-electron chi connectivity index (χ2n) is 12.5. The molecule has 7 nitrogen and oxygen atoms in total. The Balaban J connectivity index is 1.40. The minimum Gasteiger partial charge on any atom is -0.393 e. The van der Waals surface area contributed by atoms with Gasteiger partial charge in [0, 0.05) is 13.0 Å². The Hall–Kier alpha value is -0.700. The summed E-state index contributed by atoms with van der Waals surface area (Å²) in [5.41, 5.74) is 0.105. The van der Waals surface area contributed by atoms with Gasteiger partial charge in [-0.3, -0.25) is 9.35 Å².